The van der Waals surface area contributed by atoms with E-state index in [1.54, 1.807) is 0 Å². The molecule has 0 aliphatic carbocycles. The number of nitrogens with zero attached hydrogens (tertiary/aromatic N) is 1. The average molecular weight is 250 g/mol. The van der Waals surface area contributed by atoms with Gasteiger partial charge in [0.2, 0.25) is 0 Å². The molecule has 0 saturated heterocycles. The normalized spacial score (nSPS) is 10.1. The van der Waals surface area contributed by atoms with Crippen molar-refractivity contribution in [1.29, 1.82) is 0 Å². The molecule has 1 amide bonds. The maximum atomic E-state index is 13.2. The summed E-state index contributed by atoms with van der Waals surface area (Å²) in [5.41, 5.74) is -0.223. The molecule has 18 heavy (non-hydrogen) atoms. The lowest BCUT2D eigenvalue weighted by atomic mass is 10.3. The number of amides is 1. The predicted molar refractivity (Wildman–Crippen MR) is 57.8 cm³/mol. The van der Waals surface area contributed by atoms with Crippen molar-refractivity contribution >= 4 is 17.6 Å². The lowest BCUT2D eigenvalue weighted by molar-refractivity contribution is 0.0696. The third-order valence-electron chi connectivity index (χ3n) is 2.09. The minimum absolute atomic E-state index is 0.0664. The van der Waals surface area contributed by atoms with Crippen LogP contribution in [0.25, 0.3) is 0 Å². The van der Waals surface area contributed by atoms with Gasteiger partial charge in [-0.15, -0.1) is 0 Å². The third kappa shape index (κ3) is 2.34. The Morgan fingerprint density at radius 3 is 2.83 bits per heavy atom. The van der Waals surface area contributed by atoms with Gasteiger partial charge in [0.15, 0.2) is 11.6 Å². The molecule has 0 aliphatic rings. The number of hydrogen-bond acceptors (Lipinski definition) is 4. The highest BCUT2D eigenvalue weighted by molar-refractivity contribution is 6.03. The van der Waals surface area contributed by atoms with Crippen molar-refractivity contribution in [2.75, 3.05) is 5.32 Å². The van der Waals surface area contributed by atoms with Gasteiger partial charge >= 0.3 is 5.97 Å². The van der Waals surface area contributed by atoms with E-state index >= 15 is 0 Å². The average Bonchev–Trinajstić information content (AvgIpc) is 2.81. The molecular formula is C11H7FN2O4. The molecule has 0 radical (unpaired) electrons. The van der Waals surface area contributed by atoms with Crippen molar-refractivity contribution in [3.8, 4) is 0 Å². The molecule has 7 heteroatoms. The van der Waals surface area contributed by atoms with Crippen LogP contribution >= 0.6 is 0 Å². The van der Waals surface area contributed by atoms with E-state index < -0.39 is 17.7 Å². The first-order chi connectivity index (χ1) is 8.58. The van der Waals surface area contributed by atoms with Gasteiger partial charge in [-0.3, -0.25) is 9.78 Å². The molecule has 2 heterocycles. The smallest absolute Gasteiger partial charge is 0.338 e. The first-order valence-corrected chi connectivity index (χ1v) is 4.80. The Morgan fingerprint density at radius 1 is 1.44 bits per heavy atom. The van der Waals surface area contributed by atoms with Crippen LogP contribution in [0, 0.1) is 5.82 Å². The first kappa shape index (κ1) is 11.8. The molecule has 0 fully saturated rings. The molecule has 2 aromatic heterocycles. The highest BCUT2D eigenvalue weighted by Gasteiger charge is 2.15. The number of carboxylic acid groups (broad SMARTS) is 1. The highest BCUT2D eigenvalue weighted by atomic mass is 19.1. The lowest BCUT2D eigenvalue weighted by Crippen LogP contribution is -2.12. The molecule has 2 N–H and O–H groups in total. The number of hydrogen-bond donors (Lipinski definition) is 2. The number of carbonyl (C=O) groups is 2. The molecule has 6 nitrogen and oxygen atoms in total. The minimum atomic E-state index is -1.21. The summed E-state index contributed by atoms with van der Waals surface area (Å²) in [6.07, 6.45) is 3.18. The summed E-state index contributed by atoms with van der Waals surface area (Å²) in [4.78, 5) is 25.7. The van der Waals surface area contributed by atoms with Gasteiger partial charge in [-0.05, 0) is 6.07 Å². The molecule has 0 unspecified atom stereocenters. The predicted octanol–water partition coefficient (Wildman–Crippen LogP) is 1.76. The van der Waals surface area contributed by atoms with E-state index in [1.165, 1.54) is 12.3 Å². The summed E-state index contributed by atoms with van der Waals surface area (Å²) >= 11 is 0. The highest BCUT2D eigenvalue weighted by Crippen LogP contribution is 2.14. The maximum Gasteiger partial charge on any atom is 0.338 e. The first-order valence-electron chi connectivity index (χ1n) is 4.80. The van der Waals surface area contributed by atoms with Crippen LogP contribution in [0.1, 0.15) is 20.9 Å². The number of carboxylic acids is 1. The van der Waals surface area contributed by atoms with Gasteiger partial charge in [0, 0.05) is 12.3 Å². The summed E-state index contributed by atoms with van der Waals surface area (Å²) in [5, 5.41) is 10.9. The number of rotatable bonds is 3. The van der Waals surface area contributed by atoms with Crippen LogP contribution in [0.5, 0.6) is 0 Å². The number of aromatic nitrogens is 1. The Bertz CT molecular complexity index is 609. The second-order valence-corrected chi connectivity index (χ2v) is 3.31. The van der Waals surface area contributed by atoms with Crippen molar-refractivity contribution in [3.63, 3.8) is 0 Å². The summed E-state index contributed by atoms with van der Waals surface area (Å²) in [5.74, 6) is -2.88. The number of nitrogens with one attached hydrogen (secondary N) is 1. The van der Waals surface area contributed by atoms with Gasteiger partial charge in [-0.1, -0.05) is 0 Å². The molecule has 0 saturated carbocycles. The SMILES string of the molecule is O=C(O)c1coc(C(=O)Nc2ccncc2F)c1. The van der Waals surface area contributed by atoms with Crippen molar-refractivity contribution < 1.29 is 23.5 Å². The van der Waals surface area contributed by atoms with E-state index in [-0.39, 0.29) is 17.0 Å². The number of aromatic carboxylic acids is 1. The zero-order valence-electron chi connectivity index (χ0n) is 8.88. The van der Waals surface area contributed by atoms with E-state index in [2.05, 4.69) is 10.3 Å². The number of carbonyl (C=O) groups excluding carboxylic acids is 1. The van der Waals surface area contributed by atoms with Crippen molar-refractivity contribution in [2.24, 2.45) is 0 Å². The Kier molecular flexibility index (Phi) is 3.05. The Balaban J connectivity index is 2.17. The summed E-state index contributed by atoms with van der Waals surface area (Å²) in [6, 6.07) is 2.32. The van der Waals surface area contributed by atoms with Crippen LogP contribution in [0.15, 0.2) is 35.2 Å². The van der Waals surface area contributed by atoms with Crippen LogP contribution in [0.3, 0.4) is 0 Å². The van der Waals surface area contributed by atoms with Gasteiger partial charge in [-0.25, -0.2) is 9.18 Å². The second-order valence-electron chi connectivity index (χ2n) is 3.31. The number of anilines is 1. The van der Waals surface area contributed by atoms with E-state index in [0.29, 0.717) is 0 Å². The summed E-state index contributed by atoms with van der Waals surface area (Å²) < 4.78 is 18.0. The largest absolute Gasteiger partial charge is 0.478 e. The summed E-state index contributed by atoms with van der Waals surface area (Å²) in [7, 11) is 0. The second kappa shape index (κ2) is 4.66. The Hall–Kier alpha value is -2.70. The number of pyridine rings is 1. The Labute approximate surface area is 100 Å². The fourth-order valence-electron chi connectivity index (χ4n) is 1.23. The van der Waals surface area contributed by atoms with Crippen molar-refractivity contribution in [2.45, 2.75) is 0 Å². The van der Waals surface area contributed by atoms with Crippen LogP contribution in [0.2, 0.25) is 0 Å². The quantitative estimate of drug-likeness (QED) is 0.865. The fraction of sp³-hybridized carbons (Fsp3) is 0. The van der Waals surface area contributed by atoms with Crippen LogP contribution in [0.4, 0.5) is 10.1 Å². The topological polar surface area (TPSA) is 92.4 Å². The molecule has 0 spiro atoms. The van der Waals surface area contributed by atoms with E-state index in [1.807, 2.05) is 0 Å². The van der Waals surface area contributed by atoms with E-state index in [9.17, 15) is 14.0 Å². The summed E-state index contributed by atoms with van der Waals surface area (Å²) in [6.45, 7) is 0. The molecular weight excluding hydrogens is 243 g/mol. The van der Waals surface area contributed by atoms with Gasteiger partial charge in [0.1, 0.15) is 6.26 Å². The molecule has 0 aliphatic heterocycles. The van der Waals surface area contributed by atoms with Gasteiger partial charge in [-0.2, -0.15) is 0 Å². The number of furan rings is 1. The molecule has 2 aromatic rings. The van der Waals surface area contributed by atoms with Crippen molar-refractivity contribution in [1.82, 2.24) is 4.98 Å². The minimum Gasteiger partial charge on any atom is -0.478 e. The van der Waals surface area contributed by atoms with Crippen molar-refractivity contribution in [3.05, 3.63) is 47.9 Å². The van der Waals surface area contributed by atoms with E-state index in [4.69, 9.17) is 9.52 Å². The number of halogens is 1. The van der Waals surface area contributed by atoms with Crippen LogP contribution in [-0.4, -0.2) is 22.0 Å². The van der Waals surface area contributed by atoms with Crippen LogP contribution in [-0.2, 0) is 0 Å². The van der Waals surface area contributed by atoms with E-state index in [0.717, 1.165) is 18.5 Å². The zero-order chi connectivity index (χ0) is 13.1. The standard InChI is InChI=1S/C11H7FN2O4/c12-7-4-13-2-1-8(7)14-10(15)9-3-6(5-18-9)11(16)17/h1-5H,(H,16,17)(H,13,14,15). The van der Waals surface area contributed by atoms with Gasteiger partial charge in [0.05, 0.1) is 17.4 Å². The Morgan fingerprint density at radius 2 is 2.22 bits per heavy atom. The molecule has 0 aromatic carbocycles. The fourth-order valence-corrected chi connectivity index (χ4v) is 1.23. The van der Waals surface area contributed by atoms with Gasteiger partial charge < -0.3 is 14.8 Å². The lowest BCUT2D eigenvalue weighted by Gasteiger charge is -2.02. The molecule has 0 bridgehead atoms. The maximum absolute atomic E-state index is 13.2. The third-order valence-corrected chi connectivity index (χ3v) is 2.09. The monoisotopic (exact) mass is 250 g/mol. The van der Waals surface area contributed by atoms with Crippen LogP contribution < -0.4 is 5.32 Å². The molecule has 92 valence electrons. The van der Waals surface area contributed by atoms with Gasteiger partial charge in [0.25, 0.3) is 5.91 Å². The molecule has 0 atom stereocenters. The molecule has 2 rings (SSSR count). The zero-order valence-corrected chi connectivity index (χ0v) is 8.88.